The molecule has 0 aliphatic carbocycles. The molecule has 0 bridgehead atoms. The molecule has 1 heterocycles. The monoisotopic (exact) mass is 335 g/mol. The second-order valence-electron chi connectivity index (χ2n) is 5.55. The summed E-state index contributed by atoms with van der Waals surface area (Å²) in [6.45, 7) is 6.67. The highest BCUT2D eigenvalue weighted by Crippen LogP contribution is 2.26. The molecule has 2 aromatic carbocycles. The van der Waals surface area contributed by atoms with E-state index in [1.807, 2.05) is 61.5 Å². The van der Waals surface area contributed by atoms with E-state index in [2.05, 4.69) is 11.7 Å². The molecule has 0 spiro atoms. The standard InChI is InChI=1S/C20H21N3O2/c1-4-23-14(2)19(21)13-20(22-23)15-6-5-7-18(12-15)25-17-10-8-16(24-3)9-11-17/h5-13H,2,4,21H2,1,3H3. The van der Waals surface area contributed by atoms with Crippen LogP contribution in [0.1, 0.15) is 12.5 Å². The van der Waals surface area contributed by atoms with Gasteiger partial charge in [-0.25, -0.2) is 0 Å². The molecule has 2 aromatic rings. The maximum Gasteiger partial charge on any atom is 0.128 e. The van der Waals surface area contributed by atoms with Crippen LogP contribution in [0, 0.1) is 0 Å². The molecule has 1 aliphatic rings. The lowest BCUT2D eigenvalue weighted by Gasteiger charge is -2.25. The normalized spacial score (nSPS) is 14.0. The van der Waals surface area contributed by atoms with Crippen LogP contribution in [-0.4, -0.2) is 24.4 Å². The van der Waals surface area contributed by atoms with E-state index < -0.39 is 0 Å². The van der Waals surface area contributed by atoms with Gasteiger partial charge in [-0.05, 0) is 49.4 Å². The quantitative estimate of drug-likeness (QED) is 0.901. The van der Waals surface area contributed by atoms with Gasteiger partial charge < -0.3 is 15.2 Å². The Morgan fingerprint density at radius 2 is 1.80 bits per heavy atom. The highest BCUT2D eigenvalue weighted by Gasteiger charge is 2.16. The average Bonchev–Trinajstić information content (AvgIpc) is 2.64. The van der Waals surface area contributed by atoms with Crippen LogP contribution < -0.4 is 15.2 Å². The summed E-state index contributed by atoms with van der Waals surface area (Å²) in [6.07, 6.45) is 1.83. The van der Waals surface area contributed by atoms with Crippen molar-refractivity contribution in [3.63, 3.8) is 0 Å². The minimum atomic E-state index is 0.619. The predicted molar refractivity (Wildman–Crippen MR) is 99.8 cm³/mol. The highest BCUT2D eigenvalue weighted by atomic mass is 16.5. The molecule has 25 heavy (non-hydrogen) atoms. The van der Waals surface area contributed by atoms with Crippen LogP contribution in [0.15, 0.2) is 77.7 Å². The van der Waals surface area contributed by atoms with Crippen LogP contribution >= 0.6 is 0 Å². The number of ether oxygens (including phenoxy) is 2. The largest absolute Gasteiger partial charge is 0.497 e. The molecule has 1 aliphatic heterocycles. The van der Waals surface area contributed by atoms with E-state index in [1.54, 1.807) is 12.1 Å². The maximum absolute atomic E-state index is 6.06. The van der Waals surface area contributed by atoms with E-state index >= 15 is 0 Å². The number of likely N-dealkylation sites (N-methyl/N-ethyl adjacent to an activating group) is 1. The topological polar surface area (TPSA) is 60.1 Å². The van der Waals surface area contributed by atoms with Crippen LogP contribution in [0.25, 0.3) is 0 Å². The van der Waals surface area contributed by atoms with Gasteiger partial charge in [-0.2, -0.15) is 5.10 Å². The zero-order chi connectivity index (χ0) is 17.8. The molecule has 0 radical (unpaired) electrons. The van der Waals surface area contributed by atoms with Crippen LogP contribution in [-0.2, 0) is 0 Å². The molecule has 0 amide bonds. The fourth-order valence-electron chi connectivity index (χ4n) is 2.50. The number of hydrogen-bond donors (Lipinski definition) is 1. The van der Waals surface area contributed by atoms with Crippen molar-refractivity contribution in [2.75, 3.05) is 13.7 Å². The fraction of sp³-hybridized carbons (Fsp3) is 0.150. The molecule has 0 saturated heterocycles. The van der Waals surface area contributed by atoms with Crippen LogP contribution in [0.3, 0.4) is 0 Å². The molecule has 0 saturated carbocycles. The van der Waals surface area contributed by atoms with E-state index in [9.17, 15) is 0 Å². The zero-order valence-corrected chi connectivity index (χ0v) is 14.4. The first-order chi connectivity index (χ1) is 12.1. The predicted octanol–water partition coefficient (Wildman–Crippen LogP) is 3.88. The van der Waals surface area contributed by atoms with Gasteiger partial charge >= 0.3 is 0 Å². The summed E-state index contributed by atoms with van der Waals surface area (Å²) < 4.78 is 11.1. The molecule has 5 nitrogen and oxygen atoms in total. The van der Waals surface area contributed by atoms with Gasteiger partial charge in [0.25, 0.3) is 0 Å². The lowest BCUT2D eigenvalue weighted by atomic mass is 10.1. The second kappa shape index (κ2) is 7.13. The van der Waals surface area contributed by atoms with Crippen molar-refractivity contribution in [1.29, 1.82) is 0 Å². The third-order valence-electron chi connectivity index (χ3n) is 3.89. The Bertz CT molecular complexity index is 838. The summed E-state index contributed by atoms with van der Waals surface area (Å²) in [6, 6.07) is 15.2. The van der Waals surface area contributed by atoms with E-state index in [0.717, 1.165) is 34.2 Å². The maximum atomic E-state index is 6.06. The van der Waals surface area contributed by atoms with E-state index in [0.29, 0.717) is 12.2 Å². The molecule has 128 valence electrons. The summed E-state index contributed by atoms with van der Waals surface area (Å²) in [5, 5.41) is 6.39. The van der Waals surface area contributed by atoms with Crippen LogP contribution in [0.5, 0.6) is 17.2 Å². The lowest BCUT2D eigenvalue weighted by Crippen LogP contribution is -2.26. The number of nitrogens with two attached hydrogens (primary N) is 1. The molecular formula is C20H21N3O2. The van der Waals surface area contributed by atoms with Gasteiger partial charge in [0, 0.05) is 12.1 Å². The van der Waals surface area contributed by atoms with Gasteiger partial charge in [0.1, 0.15) is 17.2 Å². The smallest absolute Gasteiger partial charge is 0.128 e. The van der Waals surface area contributed by atoms with Crippen molar-refractivity contribution >= 4 is 5.71 Å². The Morgan fingerprint density at radius 3 is 2.48 bits per heavy atom. The minimum absolute atomic E-state index is 0.619. The Labute approximate surface area is 147 Å². The SMILES string of the molecule is C=C1C(N)=CC(c2cccc(Oc3ccc(OC)cc3)c2)=NN1CC. The molecule has 5 heteroatoms. The van der Waals surface area contributed by atoms with Crippen LogP contribution in [0.2, 0.25) is 0 Å². The Morgan fingerprint density at radius 1 is 1.08 bits per heavy atom. The van der Waals surface area contributed by atoms with Gasteiger partial charge in [0.2, 0.25) is 0 Å². The van der Waals surface area contributed by atoms with Crippen molar-refractivity contribution < 1.29 is 9.47 Å². The van der Waals surface area contributed by atoms with Crippen molar-refractivity contribution in [1.82, 2.24) is 5.01 Å². The summed E-state index contributed by atoms with van der Waals surface area (Å²) >= 11 is 0. The molecule has 0 aromatic heterocycles. The van der Waals surface area contributed by atoms with E-state index in [-0.39, 0.29) is 0 Å². The fourth-order valence-corrected chi connectivity index (χ4v) is 2.50. The lowest BCUT2D eigenvalue weighted by molar-refractivity contribution is 0.389. The number of allylic oxidation sites excluding steroid dienone is 1. The first kappa shape index (κ1) is 16.6. The van der Waals surface area contributed by atoms with E-state index in [4.69, 9.17) is 15.2 Å². The molecule has 0 atom stereocenters. The summed E-state index contributed by atoms with van der Waals surface area (Å²) in [7, 11) is 1.64. The molecule has 3 rings (SSSR count). The van der Waals surface area contributed by atoms with Crippen molar-refractivity contribution in [2.24, 2.45) is 10.8 Å². The summed E-state index contributed by atoms with van der Waals surface area (Å²) in [5.41, 5.74) is 9.11. The Balaban J connectivity index is 1.85. The molecule has 0 fully saturated rings. The van der Waals surface area contributed by atoms with Gasteiger partial charge in [0.15, 0.2) is 0 Å². The number of hydrogen-bond acceptors (Lipinski definition) is 5. The highest BCUT2D eigenvalue weighted by molar-refractivity contribution is 6.10. The number of methoxy groups -OCH3 is 1. The van der Waals surface area contributed by atoms with Gasteiger partial charge in [-0.15, -0.1) is 0 Å². The molecular weight excluding hydrogens is 314 g/mol. The summed E-state index contributed by atoms with van der Waals surface area (Å²) in [5.74, 6) is 2.25. The third kappa shape index (κ3) is 3.66. The Hall–Kier alpha value is -3.21. The number of rotatable bonds is 5. The molecule has 0 unspecified atom stereocenters. The molecule has 2 N–H and O–H groups in total. The Kier molecular flexibility index (Phi) is 4.75. The van der Waals surface area contributed by atoms with Gasteiger partial charge in [-0.3, -0.25) is 5.01 Å². The van der Waals surface area contributed by atoms with Crippen molar-refractivity contribution in [3.05, 3.63) is 78.1 Å². The van der Waals surface area contributed by atoms with Gasteiger partial charge in [-0.1, -0.05) is 18.7 Å². The number of benzene rings is 2. The second-order valence-corrected chi connectivity index (χ2v) is 5.55. The summed E-state index contributed by atoms with van der Waals surface area (Å²) in [4.78, 5) is 0. The van der Waals surface area contributed by atoms with Crippen molar-refractivity contribution in [3.8, 4) is 17.2 Å². The van der Waals surface area contributed by atoms with E-state index in [1.165, 1.54) is 0 Å². The van der Waals surface area contributed by atoms with Crippen LogP contribution in [0.4, 0.5) is 0 Å². The number of hydrazone groups is 1. The third-order valence-corrected chi connectivity index (χ3v) is 3.89. The minimum Gasteiger partial charge on any atom is -0.497 e. The number of nitrogens with zero attached hydrogens (tertiary/aromatic N) is 2. The first-order valence-electron chi connectivity index (χ1n) is 8.05. The first-order valence-corrected chi connectivity index (χ1v) is 8.05. The average molecular weight is 335 g/mol. The zero-order valence-electron chi connectivity index (χ0n) is 14.4. The van der Waals surface area contributed by atoms with Crippen molar-refractivity contribution in [2.45, 2.75) is 6.92 Å². The van der Waals surface area contributed by atoms with Gasteiger partial charge in [0.05, 0.1) is 24.2 Å².